The van der Waals surface area contributed by atoms with E-state index in [0.29, 0.717) is 12.6 Å². The first-order valence-corrected chi connectivity index (χ1v) is 5.38. The Kier molecular flexibility index (Phi) is 7.29. The molecule has 0 aliphatic carbocycles. The van der Waals surface area contributed by atoms with Crippen molar-refractivity contribution in [2.24, 2.45) is 11.8 Å². The van der Waals surface area contributed by atoms with Crippen molar-refractivity contribution in [3.05, 3.63) is 0 Å². The van der Waals surface area contributed by atoms with Gasteiger partial charge in [-0.25, -0.2) is 5.84 Å². The summed E-state index contributed by atoms with van der Waals surface area (Å²) in [5.74, 6) is 4.79. The predicted octanol–water partition coefficient (Wildman–Crippen LogP) is -0.295. The second-order valence-electron chi connectivity index (χ2n) is 4.08. The summed E-state index contributed by atoms with van der Waals surface area (Å²) < 4.78 is 0. The molecule has 0 saturated heterocycles. The van der Waals surface area contributed by atoms with Gasteiger partial charge < -0.3 is 10.0 Å². The van der Waals surface area contributed by atoms with E-state index < -0.39 is 0 Å². The van der Waals surface area contributed by atoms with Gasteiger partial charge in [0.25, 0.3) is 0 Å². The minimum Gasteiger partial charge on any atom is -0.396 e. The van der Waals surface area contributed by atoms with E-state index in [1.165, 1.54) is 0 Å². The van der Waals surface area contributed by atoms with E-state index in [9.17, 15) is 4.79 Å². The molecule has 0 radical (unpaired) electrons. The number of hydrazine groups is 1. The summed E-state index contributed by atoms with van der Waals surface area (Å²) >= 11 is 0. The predicted molar refractivity (Wildman–Crippen MR) is 59.9 cm³/mol. The molecule has 0 aliphatic rings. The number of rotatable bonds is 7. The fourth-order valence-electron chi connectivity index (χ4n) is 1.41. The fraction of sp³-hybridized carbons (Fsp3) is 0.900. The van der Waals surface area contributed by atoms with Gasteiger partial charge in [-0.3, -0.25) is 10.2 Å². The molecule has 0 heterocycles. The molecule has 5 heteroatoms. The first kappa shape index (κ1) is 14.3. The smallest absolute Gasteiger partial charge is 0.237 e. The highest BCUT2D eigenvalue weighted by Gasteiger charge is 2.17. The Morgan fingerprint density at radius 2 is 2.07 bits per heavy atom. The number of nitrogens with one attached hydrogen (secondary N) is 1. The number of nitrogens with zero attached hydrogens (tertiary/aromatic N) is 1. The van der Waals surface area contributed by atoms with E-state index in [2.05, 4.69) is 24.2 Å². The SMILES string of the molecule is CC(CN(CCCO)C(C)C)C(=O)NN. The third-order valence-corrected chi connectivity index (χ3v) is 2.43. The molecule has 1 unspecified atom stereocenters. The Bertz CT molecular complexity index is 186. The molecule has 0 aliphatic heterocycles. The standard InChI is InChI=1S/C10H23N3O2/c1-8(2)13(5-4-6-14)7-9(3)10(15)12-11/h8-9,14H,4-7,11H2,1-3H3,(H,12,15). The van der Waals surface area contributed by atoms with Gasteiger partial charge in [0.2, 0.25) is 5.91 Å². The van der Waals surface area contributed by atoms with Gasteiger partial charge in [0.1, 0.15) is 0 Å². The highest BCUT2D eigenvalue weighted by Crippen LogP contribution is 2.05. The number of aliphatic hydroxyl groups excluding tert-OH is 1. The summed E-state index contributed by atoms with van der Waals surface area (Å²) in [4.78, 5) is 13.4. The van der Waals surface area contributed by atoms with Crippen molar-refractivity contribution < 1.29 is 9.90 Å². The van der Waals surface area contributed by atoms with Crippen LogP contribution in [0.25, 0.3) is 0 Å². The van der Waals surface area contributed by atoms with Crippen LogP contribution < -0.4 is 11.3 Å². The number of carbonyl (C=O) groups excluding carboxylic acids is 1. The van der Waals surface area contributed by atoms with Crippen LogP contribution in [0.5, 0.6) is 0 Å². The first-order valence-electron chi connectivity index (χ1n) is 5.38. The van der Waals surface area contributed by atoms with E-state index >= 15 is 0 Å². The minimum atomic E-state index is -0.148. The zero-order valence-electron chi connectivity index (χ0n) is 9.86. The zero-order chi connectivity index (χ0) is 11.8. The van der Waals surface area contributed by atoms with Crippen molar-refractivity contribution in [3.8, 4) is 0 Å². The monoisotopic (exact) mass is 217 g/mol. The Morgan fingerprint density at radius 3 is 2.47 bits per heavy atom. The van der Waals surface area contributed by atoms with Crippen LogP contribution in [0.1, 0.15) is 27.2 Å². The third-order valence-electron chi connectivity index (χ3n) is 2.43. The second kappa shape index (κ2) is 7.62. The summed E-state index contributed by atoms with van der Waals surface area (Å²) in [6.07, 6.45) is 0.731. The van der Waals surface area contributed by atoms with E-state index in [-0.39, 0.29) is 18.4 Å². The number of nitrogens with two attached hydrogens (primary N) is 1. The average Bonchev–Trinajstić information content (AvgIpc) is 2.22. The van der Waals surface area contributed by atoms with Gasteiger partial charge in [0.05, 0.1) is 0 Å². The molecule has 0 saturated carbocycles. The van der Waals surface area contributed by atoms with Crippen molar-refractivity contribution in [2.45, 2.75) is 33.2 Å². The molecule has 4 N–H and O–H groups in total. The summed E-state index contributed by atoms with van der Waals surface area (Å²) in [5.41, 5.74) is 2.15. The van der Waals surface area contributed by atoms with E-state index in [1.807, 2.05) is 6.92 Å². The normalized spacial score (nSPS) is 13.3. The van der Waals surface area contributed by atoms with Crippen molar-refractivity contribution >= 4 is 5.91 Å². The maximum absolute atomic E-state index is 11.2. The minimum absolute atomic E-state index is 0.129. The summed E-state index contributed by atoms with van der Waals surface area (Å²) in [7, 11) is 0. The van der Waals surface area contributed by atoms with Gasteiger partial charge in [-0.1, -0.05) is 6.92 Å². The van der Waals surface area contributed by atoms with Crippen LogP contribution in [0, 0.1) is 5.92 Å². The maximum Gasteiger partial charge on any atom is 0.237 e. The molecule has 90 valence electrons. The molecule has 15 heavy (non-hydrogen) atoms. The van der Waals surface area contributed by atoms with Crippen LogP contribution in [0.15, 0.2) is 0 Å². The highest BCUT2D eigenvalue weighted by atomic mass is 16.3. The van der Waals surface area contributed by atoms with Crippen molar-refractivity contribution in [3.63, 3.8) is 0 Å². The van der Waals surface area contributed by atoms with Gasteiger partial charge in [-0.15, -0.1) is 0 Å². The maximum atomic E-state index is 11.2. The molecule has 0 fully saturated rings. The number of carbonyl (C=O) groups is 1. The summed E-state index contributed by atoms with van der Waals surface area (Å²) in [6.45, 7) is 7.64. The Morgan fingerprint density at radius 1 is 1.47 bits per heavy atom. The van der Waals surface area contributed by atoms with E-state index in [1.54, 1.807) is 0 Å². The van der Waals surface area contributed by atoms with Crippen LogP contribution in [-0.4, -0.2) is 41.7 Å². The second-order valence-corrected chi connectivity index (χ2v) is 4.08. The zero-order valence-corrected chi connectivity index (χ0v) is 9.86. The lowest BCUT2D eigenvalue weighted by Crippen LogP contribution is -2.43. The van der Waals surface area contributed by atoms with Gasteiger partial charge in [0, 0.05) is 31.7 Å². The first-order chi connectivity index (χ1) is 7.02. The van der Waals surface area contributed by atoms with Crippen molar-refractivity contribution in [1.82, 2.24) is 10.3 Å². The van der Waals surface area contributed by atoms with Gasteiger partial charge in [-0.05, 0) is 20.3 Å². The van der Waals surface area contributed by atoms with Gasteiger partial charge in [0.15, 0.2) is 0 Å². The molecule has 0 aromatic heterocycles. The molecular weight excluding hydrogens is 194 g/mol. The van der Waals surface area contributed by atoms with E-state index in [4.69, 9.17) is 10.9 Å². The van der Waals surface area contributed by atoms with Crippen molar-refractivity contribution in [2.75, 3.05) is 19.7 Å². The molecule has 1 amide bonds. The highest BCUT2D eigenvalue weighted by molar-refractivity contribution is 5.77. The van der Waals surface area contributed by atoms with Crippen LogP contribution in [-0.2, 0) is 4.79 Å². The quantitative estimate of drug-likeness (QED) is 0.311. The molecule has 0 spiro atoms. The average molecular weight is 217 g/mol. The largest absolute Gasteiger partial charge is 0.396 e. The Balaban J connectivity index is 4.09. The van der Waals surface area contributed by atoms with Crippen LogP contribution in [0.4, 0.5) is 0 Å². The van der Waals surface area contributed by atoms with Crippen LogP contribution in [0.3, 0.4) is 0 Å². The van der Waals surface area contributed by atoms with Crippen LogP contribution >= 0.6 is 0 Å². The van der Waals surface area contributed by atoms with Gasteiger partial charge >= 0.3 is 0 Å². The summed E-state index contributed by atoms with van der Waals surface area (Å²) in [6, 6.07) is 0.365. The molecule has 5 nitrogen and oxygen atoms in total. The lowest BCUT2D eigenvalue weighted by atomic mass is 10.1. The lowest BCUT2D eigenvalue weighted by Gasteiger charge is -2.28. The van der Waals surface area contributed by atoms with Crippen molar-refractivity contribution in [1.29, 1.82) is 0 Å². The fourth-order valence-corrected chi connectivity index (χ4v) is 1.41. The molecule has 0 bridgehead atoms. The Hall–Kier alpha value is -0.650. The van der Waals surface area contributed by atoms with Crippen LogP contribution in [0.2, 0.25) is 0 Å². The third kappa shape index (κ3) is 5.71. The topological polar surface area (TPSA) is 78.6 Å². The molecule has 0 aromatic rings. The van der Waals surface area contributed by atoms with E-state index in [0.717, 1.165) is 13.0 Å². The molecular formula is C10H23N3O2. The Labute approximate surface area is 91.6 Å². The summed E-state index contributed by atoms with van der Waals surface area (Å²) in [5, 5.41) is 8.76. The molecule has 0 aromatic carbocycles. The number of hydrogen-bond acceptors (Lipinski definition) is 4. The molecule has 0 rings (SSSR count). The van der Waals surface area contributed by atoms with Gasteiger partial charge in [-0.2, -0.15) is 0 Å². The number of amides is 1. The number of hydrogen-bond donors (Lipinski definition) is 3. The lowest BCUT2D eigenvalue weighted by molar-refractivity contribution is -0.125. The number of aliphatic hydroxyl groups is 1. The molecule has 1 atom stereocenters.